The Labute approximate surface area is 142 Å². The molecule has 2 aliphatic rings. The van der Waals surface area contributed by atoms with Crippen LogP contribution in [0.3, 0.4) is 0 Å². The maximum Gasteiger partial charge on any atom is 0.0112 e. The Morgan fingerprint density at radius 3 is 2.65 bits per heavy atom. The van der Waals surface area contributed by atoms with Gasteiger partial charge in [0.2, 0.25) is 0 Å². The molecule has 23 heavy (non-hydrogen) atoms. The lowest BCUT2D eigenvalue weighted by molar-refractivity contribution is 0.377. The van der Waals surface area contributed by atoms with Crippen molar-refractivity contribution in [2.75, 3.05) is 6.54 Å². The van der Waals surface area contributed by atoms with Crippen molar-refractivity contribution in [3.63, 3.8) is 0 Å². The fourth-order valence-corrected chi connectivity index (χ4v) is 3.83. The van der Waals surface area contributed by atoms with E-state index in [9.17, 15) is 0 Å². The lowest BCUT2D eigenvalue weighted by Crippen LogP contribution is -2.19. The third-order valence-corrected chi connectivity index (χ3v) is 5.34. The lowest BCUT2D eigenvalue weighted by atomic mass is 9.72. The highest BCUT2D eigenvalue weighted by Crippen LogP contribution is 2.40. The molecule has 0 fully saturated rings. The Hall–Kier alpha value is -1.34. The second-order valence-corrected chi connectivity index (χ2v) is 7.67. The second kappa shape index (κ2) is 7.97. The number of hydrogen-bond donors (Lipinski definition) is 1. The molecule has 1 heteroatoms. The fraction of sp³-hybridized carbons (Fsp3) is 0.545. The standard InChI is InChI=1S/C22H33N/c1-17(20-9-5-8-19(11-12-20)14-16-23)10-13-21-18(2)7-6-15-22(21,3)4/h10-14H,5-9,15-16,23H2,1-4H3. The normalized spacial score (nSPS) is 26.0. The molecule has 1 nitrogen and oxygen atoms in total. The van der Waals surface area contributed by atoms with E-state index in [1.54, 1.807) is 11.1 Å². The summed E-state index contributed by atoms with van der Waals surface area (Å²) >= 11 is 0. The Balaban J connectivity index is 2.21. The molecule has 0 amide bonds. The van der Waals surface area contributed by atoms with E-state index in [0.717, 1.165) is 12.8 Å². The topological polar surface area (TPSA) is 26.0 Å². The van der Waals surface area contributed by atoms with Crippen LogP contribution in [0.5, 0.6) is 0 Å². The molecule has 2 aliphatic carbocycles. The van der Waals surface area contributed by atoms with Gasteiger partial charge in [0.1, 0.15) is 0 Å². The zero-order chi connectivity index (χ0) is 16.9. The van der Waals surface area contributed by atoms with Gasteiger partial charge in [0.25, 0.3) is 0 Å². The summed E-state index contributed by atoms with van der Waals surface area (Å²) in [5.41, 5.74) is 13.3. The third-order valence-electron chi connectivity index (χ3n) is 5.34. The highest BCUT2D eigenvalue weighted by Gasteiger charge is 2.26. The van der Waals surface area contributed by atoms with Crippen molar-refractivity contribution < 1.29 is 0 Å². The van der Waals surface area contributed by atoms with Gasteiger partial charge in [0.15, 0.2) is 0 Å². The van der Waals surface area contributed by atoms with Gasteiger partial charge >= 0.3 is 0 Å². The van der Waals surface area contributed by atoms with Crippen molar-refractivity contribution in [3.05, 3.63) is 58.2 Å². The maximum absolute atomic E-state index is 5.63. The van der Waals surface area contributed by atoms with E-state index < -0.39 is 0 Å². The average Bonchev–Trinajstić information content (AvgIpc) is 2.72. The van der Waals surface area contributed by atoms with Crippen LogP contribution in [0, 0.1) is 5.41 Å². The summed E-state index contributed by atoms with van der Waals surface area (Å²) in [6, 6.07) is 0. The van der Waals surface area contributed by atoms with Gasteiger partial charge < -0.3 is 5.73 Å². The van der Waals surface area contributed by atoms with E-state index in [0.29, 0.717) is 12.0 Å². The Morgan fingerprint density at radius 2 is 1.96 bits per heavy atom. The van der Waals surface area contributed by atoms with Crippen LogP contribution < -0.4 is 5.73 Å². The van der Waals surface area contributed by atoms with Gasteiger partial charge in [0.05, 0.1) is 0 Å². The largest absolute Gasteiger partial charge is 0.327 e. The van der Waals surface area contributed by atoms with Gasteiger partial charge in [0, 0.05) is 6.54 Å². The quantitative estimate of drug-likeness (QED) is 0.678. The zero-order valence-corrected chi connectivity index (χ0v) is 15.4. The third kappa shape index (κ3) is 4.81. The van der Waals surface area contributed by atoms with Crippen LogP contribution in [0.15, 0.2) is 58.2 Å². The summed E-state index contributed by atoms with van der Waals surface area (Å²) in [6.07, 6.45) is 18.8. The number of hydrogen-bond acceptors (Lipinski definition) is 1. The van der Waals surface area contributed by atoms with Gasteiger partial charge in [-0.25, -0.2) is 0 Å². The van der Waals surface area contributed by atoms with Crippen LogP contribution in [0.1, 0.15) is 66.2 Å². The first-order valence-electron chi connectivity index (χ1n) is 9.09. The van der Waals surface area contributed by atoms with Gasteiger partial charge in [-0.2, -0.15) is 0 Å². The highest BCUT2D eigenvalue weighted by atomic mass is 14.5. The number of nitrogens with two attached hydrogens (primary N) is 1. The van der Waals surface area contributed by atoms with E-state index in [-0.39, 0.29) is 0 Å². The van der Waals surface area contributed by atoms with Gasteiger partial charge in [-0.15, -0.1) is 0 Å². The Morgan fingerprint density at radius 1 is 1.17 bits per heavy atom. The minimum Gasteiger partial charge on any atom is -0.327 e. The molecule has 126 valence electrons. The highest BCUT2D eigenvalue weighted by molar-refractivity contribution is 5.41. The first-order chi connectivity index (χ1) is 10.9. The van der Waals surface area contributed by atoms with Crippen LogP contribution in [0.4, 0.5) is 0 Å². The summed E-state index contributed by atoms with van der Waals surface area (Å²) in [5, 5.41) is 0. The molecule has 0 bridgehead atoms. The summed E-state index contributed by atoms with van der Waals surface area (Å²) in [5.74, 6) is 0. The lowest BCUT2D eigenvalue weighted by Gasteiger charge is -2.33. The smallest absolute Gasteiger partial charge is 0.0112 e. The van der Waals surface area contributed by atoms with Crippen LogP contribution in [0.2, 0.25) is 0 Å². The Kier molecular flexibility index (Phi) is 6.24. The van der Waals surface area contributed by atoms with Gasteiger partial charge in [-0.05, 0) is 74.5 Å². The minimum absolute atomic E-state index is 0.320. The molecule has 2 N–H and O–H groups in total. The maximum atomic E-state index is 5.63. The molecule has 0 aromatic carbocycles. The predicted octanol–water partition coefficient (Wildman–Crippen LogP) is 6.01. The van der Waals surface area contributed by atoms with Crippen LogP contribution in [0.25, 0.3) is 0 Å². The summed E-state index contributed by atoms with van der Waals surface area (Å²) in [4.78, 5) is 0. The first kappa shape index (κ1) is 18.0. The molecular weight excluding hydrogens is 278 g/mol. The SMILES string of the molecule is CC(C=CC1=C(C)CCCC1(C)C)=C1C=CC(=CCN)CCC1. The van der Waals surface area contributed by atoms with Gasteiger partial charge in [-0.3, -0.25) is 0 Å². The number of allylic oxidation sites excluding steroid dienone is 9. The molecule has 0 unspecified atom stereocenters. The zero-order valence-electron chi connectivity index (χ0n) is 15.4. The summed E-state index contributed by atoms with van der Waals surface area (Å²) < 4.78 is 0. The minimum atomic E-state index is 0.320. The Bertz CT molecular complexity index is 579. The predicted molar refractivity (Wildman–Crippen MR) is 102 cm³/mol. The fourth-order valence-electron chi connectivity index (χ4n) is 3.83. The first-order valence-corrected chi connectivity index (χ1v) is 9.09. The molecule has 0 aromatic rings. The van der Waals surface area contributed by atoms with Crippen molar-refractivity contribution in [3.8, 4) is 0 Å². The van der Waals surface area contributed by atoms with Gasteiger partial charge in [-0.1, -0.05) is 55.4 Å². The van der Waals surface area contributed by atoms with Crippen molar-refractivity contribution in [2.24, 2.45) is 11.1 Å². The van der Waals surface area contributed by atoms with E-state index in [1.807, 2.05) is 0 Å². The van der Waals surface area contributed by atoms with E-state index in [1.165, 1.54) is 42.4 Å². The molecule has 0 saturated heterocycles. The molecule has 0 atom stereocenters. The van der Waals surface area contributed by atoms with Crippen LogP contribution in [-0.2, 0) is 0 Å². The van der Waals surface area contributed by atoms with E-state index in [4.69, 9.17) is 5.73 Å². The molecule has 0 spiro atoms. The van der Waals surface area contributed by atoms with Crippen molar-refractivity contribution in [1.29, 1.82) is 0 Å². The summed E-state index contributed by atoms with van der Waals surface area (Å²) in [7, 11) is 0. The molecule has 0 radical (unpaired) electrons. The van der Waals surface area contributed by atoms with Crippen molar-refractivity contribution in [1.82, 2.24) is 0 Å². The van der Waals surface area contributed by atoms with Crippen molar-refractivity contribution >= 4 is 0 Å². The summed E-state index contributed by atoms with van der Waals surface area (Å²) in [6.45, 7) is 9.96. The van der Waals surface area contributed by atoms with Crippen molar-refractivity contribution in [2.45, 2.75) is 66.2 Å². The van der Waals surface area contributed by atoms with Crippen LogP contribution in [-0.4, -0.2) is 6.54 Å². The number of rotatable bonds is 3. The molecule has 2 rings (SSSR count). The molecule has 0 aliphatic heterocycles. The average molecular weight is 312 g/mol. The van der Waals surface area contributed by atoms with E-state index in [2.05, 4.69) is 58.1 Å². The monoisotopic (exact) mass is 311 g/mol. The van der Waals surface area contributed by atoms with Crippen LogP contribution >= 0.6 is 0 Å². The molecule has 0 heterocycles. The van der Waals surface area contributed by atoms with E-state index >= 15 is 0 Å². The second-order valence-electron chi connectivity index (χ2n) is 7.67. The molecule has 0 aromatic heterocycles. The molecule has 0 saturated carbocycles. The molecular formula is C22H33N.